The highest BCUT2D eigenvalue weighted by molar-refractivity contribution is 5.70. The lowest BCUT2D eigenvalue weighted by Gasteiger charge is -2.28. The molecule has 0 heterocycles. The summed E-state index contributed by atoms with van der Waals surface area (Å²) in [6, 6.07) is 14.5. The maximum atomic E-state index is 6.18. The number of ether oxygens (including phenoxy) is 1. The Morgan fingerprint density at radius 2 is 1.81 bits per heavy atom. The second-order valence-corrected chi connectivity index (χ2v) is 5.26. The minimum Gasteiger partial charge on any atom is -0.496 e. The summed E-state index contributed by atoms with van der Waals surface area (Å²) in [5.41, 5.74) is 10.8. The van der Waals surface area contributed by atoms with Crippen LogP contribution in [0.1, 0.15) is 31.0 Å². The molecule has 0 aliphatic rings. The molecule has 0 fully saturated rings. The van der Waals surface area contributed by atoms with E-state index in [0.717, 1.165) is 23.5 Å². The van der Waals surface area contributed by atoms with Gasteiger partial charge < -0.3 is 15.4 Å². The molecule has 0 unspecified atom stereocenters. The van der Waals surface area contributed by atoms with Gasteiger partial charge in [0.2, 0.25) is 0 Å². The number of rotatable bonds is 5. The summed E-state index contributed by atoms with van der Waals surface area (Å²) in [5.74, 6) is 0.841. The van der Waals surface area contributed by atoms with Crippen LogP contribution in [0.15, 0.2) is 42.5 Å². The van der Waals surface area contributed by atoms with Gasteiger partial charge in [-0.25, -0.2) is 0 Å². The molecule has 0 amide bonds. The number of aryl methyl sites for hydroxylation is 1. The first-order valence-corrected chi connectivity index (χ1v) is 7.35. The quantitative estimate of drug-likeness (QED) is 0.895. The van der Waals surface area contributed by atoms with Crippen LogP contribution in [0, 0.1) is 6.92 Å². The van der Waals surface area contributed by atoms with Crippen molar-refractivity contribution in [1.82, 2.24) is 0 Å². The lowest BCUT2D eigenvalue weighted by Crippen LogP contribution is -2.20. The van der Waals surface area contributed by atoms with E-state index in [4.69, 9.17) is 10.5 Å². The van der Waals surface area contributed by atoms with Crippen LogP contribution >= 0.6 is 0 Å². The lowest BCUT2D eigenvalue weighted by molar-refractivity contribution is 0.407. The summed E-state index contributed by atoms with van der Waals surface area (Å²) >= 11 is 0. The largest absolute Gasteiger partial charge is 0.496 e. The average Bonchev–Trinajstić information content (AvgIpc) is 2.49. The van der Waals surface area contributed by atoms with Crippen molar-refractivity contribution >= 4 is 11.4 Å². The van der Waals surface area contributed by atoms with Gasteiger partial charge in [-0.2, -0.15) is 0 Å². The predicted molar refractivity (Wildman–Crippen MR) is 89.5 cm³/mol. The summed E-state index contributed by atoms with van der Waals surface area (Å²) in [6.07, 6.45) is 0. The summed E-state index contributed by atoms with van der Waals surface area (Å²) in [4.78, 5) is 2.26. The standard InChI is InChI=1S/C18H24N2O/c1-5-20(15-11-9-13(2)10-12-15)16-7-6-8-17(21-4)18(16)14(3)19/h6-12,14H,5,19H2,1-4H3/t14-/m1/s1. The van der Waals surface area contributed by atoms with Crippen molar-refractivity contribution in [1.29, 1.82) is 0 Å². The molecule has 2 N–H and O–H groups in total. The maximum Gasteiger partial charge on any atom is 0.125 e. The average molecular weight is 284 g/mol. The molecule has 2 aromatic carbocycles. The van der Waals surface area contributed by atoms with Crippen LogP contribution in [0.2, 0.25) is 0 Å². The molecule has 0 radical (unpaired) electrons. The van der Waals surface area contributed by atoms with Gasteiger partial charge in [-0.3, -0.25) is 0 Å². The van der Waals surface area contributed by atoms with Gasteiger partial charge in [0.1, 0.15) is 5.75 Å². The highest BCUT2D eigenvalue weighted by Crippen LogP contribution is 2.37. The van der Waals surface area contributed by atoms with Gasteiger partial charge in [0, 0.05) is 29.5 Å². The zero-order chi connectivity index (χ0) is 15.4. The zero-order valence-corrected chi connectivity index (χ0v) is 13.3. The number of hydrogen-bond donors (Lipinski definition) is 1. The third-order valence-electron chi connectivity index (χ3n) is 3.67. The van der Waals surface area contributed by atoms with E-state index >= 15 is 0 Å². The molecule has 0 saturated carbocycles. The van der Waals surface area contributed by atoms with Crippen molar-refractivity contribution < 1.29 is 4.74 Å². The molecule has 2 aromatic rings. The van der Waals surface area contributed by atoms with Crippen molar-refractivity contribution in [3.63, 3.8) is 0 Å². The van der Waals surface area contributed by atoms with Crippen LogP contribution in [-0.4, -0.2) is 13.7 Å². The van der Waals surface area contributed by atoms with Gasteiger partial charge in [-0.1, -0.05) is 23.8 Å². The molecule has 21 heavy (non-hydrogen) atoms. The number of methoxy groups -OCH3 is 1. The van der Waals surface area contributed by atoms with Crippen molar-refractivity contribution in [3.05, 3.63) is 53.6 Å². The van der Waals surface area contributed by atoms with E-state index in [-0.39, 0.29) is 6.04 Å². The molecule has 0 aliphatic heterocycles. The van der Waals surface area contributed by atoms with E-state index in [1.54, 1.807) is 7.11 Å². The first-order valence-electron chi connectivity index (χ1n) is 7.35. The summed E-state index contributed by atoms with van der Waals surface area (Å²) in [5, 5.41) is 0. The van der Waals surface area contributed by atoms with Crippen LogP contribution in [0.4, 0.5) is 11.4 Å². The smallest absolute Gasteiger partial charge is 0.125 e. The second-order valence-electron chi connectivity index (χ2n) is 5.26. The molecule has 0 saturated heterocycles. The van der Waals surface area contributed by atoms with E-state index in [9.17, 15) is 0 Å². The van der Waals surface area contributed by atoms with Crippen LogP contribution in [0.5, 0.6) is 5.75 Å². The number of nitrogens with two attached hydrogens (primary N) is 1. The van der Waals surface area contributed by atoms with Gasteiger partial charge in [0.05, 0.1) is 7.11 Å². The van der Waals surface area contributed by atoms with Crippen LogP contribution in [-0.2, 0) is 0 Å². The monoisotopic (exact) mass is 284 g/mol. The Balaban J connectivity index is 2.54. The van der Waals surface area contributed by atoms with Crippen molar-refractivity contribution in [2.24, 2.45) is 5.73 Å². The second kappa shape index (κ2) is 6.64. The molecule has 112 valence electrons. The molecular formula is C18H24N2O. The predicted octanol–water partition coefficient (Wildman–Crippen LogP) is 4.18. The number of benzene rings is 2. The minimum absolute atomic E-state index is 0.0874. The Morgan fingerprint density at radius 1 is 1.14 bits per heavy atom. The molecule has 0 aliphatic carbocycles. The first-order chi connectivity index (χ1) is 10.1. The molecule has 0 bridgehead atoms. The summed E-state index contributed by atoms with van der Waals surface area (Å²) < 4.78 is 5.49. The molecule has 3 heteroatoms. The van der Waals surface area contributed by atoms with Gasteiger partial charge in [0.15, 0.2) is 0 Å². The van der Waals surface area contributed by atoms with Crippen molar-refractivity contribution in [2.75, 3.05) is 18.6 Å². The normalized spacial score (nSPS) is 12.0. The summed E-state index contributed by atoms with van der Waals surface area (Å²) in [7, 11) is 1.69. The van der Waals surface area contributed by atoms with E-state index in [1.165, 1.54) is 11.3 Å². The van der Waals surface area contributed by atoms with E-state index in [1.807, 2.05) is 19.1 Å². The fourth-order valence-electron chi connectivity index (χ4n) is 2.62. The SMILES string of the molecule is CCN(c1ccc(C)cc1)c1cccc(OC)c1[C@@H](C)N. The van der Waals surface area contributed by atoms with E-state index < -0.39 is 0 Å². The first kappa shape index (κ1) is 15.4. The Kier molecular flexibility index (Phi) is 4.86. The highest BCUT2D eigenvalue weighted by Gasteiger charge is 2.18. The number of hydrogen-bond acceptors (Lipinski definition) is 3. The fraction of sp³-hybridized carbons (Fsp3) is 0.333. The lowest BCUT2D eigenvalue weighted by atomic mass is 10.0. The number of anilines is 2. The molecule has 3 nitrogen and oxygen atoms in total. The Labute approximate surface area is 127 Å². The van der Waals surface area contributed by atoms with Crippen molar-refractivity contribution in [2.45, 2.75) is 26.8 Å². The van der Waals surface area contributed by atoms with Crippen LogP contribution in [0.25, 0.3) is 0 Å². The van der Waals surface area contributed by atoms with Gasteiger partial charge >= 0.3 is 0 Å². The number of nitrogens with zero attached hydrogens (tertiary/aromatic N) is 1. The third-order valence-corrected chi connectivity index (χ3v) is 3.67. The third kappa shape index (κ3) is 3.19. The zero-order valence-electron chi connectivity index (χ0n) is 13.3. The molecule has 1 atom stereocenters. The highest BCUT2D eigenvalue weighted by atomic mass is 16.5. The molecule has 0 spiro atoms. The fourth-order valence-corrected chi connectivity index (χ4v) is 2.62. The van der Waals surface area contributed by atoms with E-state index in [0.29, 0.717) is 0 Å². The Morgan fingerprint density at radius 3 is 2.33 bits per heavy atom. The van der Waals surface area contributed by atoms with Gasteiger partial charge in [-0.05, 0) is 45.0 Å². The summed E-state index contributed by atoms with van der Waals surface area (Å²) in [6.45, 7) is 7.10. The van der Waals surface area contributed by atoms with Crippen LogP contribution < -0.4 is 15.4 Å². The van der Waals surface area contributed by atoms with E-state index in [2.05, 4.69) is 49.1 Å². The Bertz CT molecular complexity index is 591. The molecule has 0 aromatic heterocycles. The minimum atomic E-state index is -0.0874. The topological polar surface area (TPSA) is 38.5 Å². The maximum absolute atomic E-state index is 6.18. The van der Waals surface area contributed by atoms with Gasteiger partial charge in [0.25, 0.3) is 0 Å². The molecule has 2 rings (SSSR count). The molecular weight excluding hydrogens is 260 g/mol. The van der Waals surface area contributed by atoms with Gasteiger partial charge in [-0.15, -0.1) is 0 Å². The Hall–Kier alpha value is -2.00. The van der Waals surface area contributed by atoms with Crippen LogP contribution in [0.3, 0.4) is 0 Å². The van der Waals surface area contributed by atoms with Crippen molar-refractivity contribution in [3.8, 4) is 5.75 Å².